The van der Waals surface area contributed by atoms with Crippen molar-refractivity contribution in [3.8, 4) is 21.8 Å². The summed E-state index contributed by atoms with van der Waals surface area (Å²) in [6, 6.07) is 10.5. The van der Waals surface area contributed by atoms with Crippen LogP contribution in [0, 0.1) is 0 Å². The maximum Gasteiger partial charge on any atom is 0.335 e. The minimum atomic E-state index is -0.924. The number of nitrogens with zero attached hydrogens (tertiary/aromatic N) is 2. The van der Waals surface area contributed by atoms with Crippen molar-refractivity contribution in [3.05, 3.63) is 59.7 Å². The summed E-state index contributed by atoms with van der Waals surface area (Å²) < 4.78 is 0. The molecule has 20 heavy (non-hydrogen) atoms. The summed E-state index contributed by atoms with van der Waals surface area (Å²) in [5.74, 6) is -0.924. The van der Waals surface area contributed by atoms with Gasteiger partial charge in [0.25, 0.3) is 0 Å². The first kappa shape index (κ1) is 12.5. The molecule has 2 aromatic heterocycles. The number of aromatic nitrogens is 2. The second kappa shape index (κ2) is 5.22. The lowest BCUT2D eigenvalue weighted by Gasteiger charge is -1.98. The average molecular weight is 282 g/mol. The largest absolute Gasteiger partial charge is 0.478 e. The van der Waals surface area contributed by atoms with Gasteiger partial charge in [-0.2, -0.15) is 0 Å². The molecular formula is C15H10N2O2S. The van der Waals surface area contributed by atoms with E-state index in [4.69, 9.17) is 5.11 Å². The van der Waals surface area contributed by atoms with Gasteiger partial charge in [-0.15, -0.1) is 11.3 Å². The van der Waals surface area contributed by atoms with Gasteiger partial charge in [0.05, 0.1) is 11.3 Å². The molecule has 0 aliphatic heterocycles. The van der Waals surface area contributed by atoms with Gasteiger partial charge in [-0.1, -0.05) is 12.1 Å². The van der Waals surface area contributed by atoms with Crippen LogP contribution in [0.2, 0.25) is 0 Å². The van der Waals surface area contributed by atoms with E-state index in [2.05, 4.69) is 9.97 Å². The van der Waals surface area contributed by atoms with Crippen LogP contribution < -0.4 is 0 Å². The molecule has 98 valence electrons. The van der Waals surface area contributed by atoms with E-state index >= 15 is 0 Å². The third-order valence-electron chi connectivity index (χ3n) is 2.84. The van der Waals surface area contributed by atoms with E-state index < -0.39 is 5.97 Å². The Morgan fingerprint density at radius 1 is 1.10 bits per heavy atom. The predicted octanol–water partition coefficient (Wildman–Crippen LogP) is 3.57. The van der Waals surface area contributed by atoms with Gasteiger partial charge >= 0.3 is 5.97 Å². The molecule has 0 radical (unpaired) electrons. The zero-order valence-electron chi connectivity index (χ0n) is 10.4. The fourth-order valence-electron chi connectivity index (χ4n) is 1.81. The van der Waals surface area contributed by atoms with Gasteiger partial charge < -0.3 is 5.11 Å². The molecule has 3 aromatic rings. The lowest BCUT2D eigenvalue weighted by molar-refractivity contribution is 0.0697. The Morgan fingerprint density at radius 2 is 1.90 bits per heavy atom. The molecule has 1 aromatic carbocycles. The van der Waals surface area contributed by atoms with Crippen LogP contribution in [0.4, 0.5) is 0 Å². The Morgan fingerprint density at radius 3 is 2.55 bits per heavy atom. The Bertz CT molecular complexity index is 736. The highest BCUT2D eigenvalue weighted by molar-refractivity contribution is 7.13. The number of carboxylic acid groups (broad SMARTS) is 1. The predicted molar refractivity (Wildman–Crippen MR) is 77.7 cm³/mol. The van der Waals surface area contributed by atoms with Crippen LogP contribution in [0.25, 0.3) is 21.8 Å². The van der Waals surface area contributed by atoms with Crippen molar-refractivity contribution in [1.29, 1.82) is 0 Å². The van der Waals surface area contributed by atoms with E-state index in [9.17, 15) is 4.79 Å². The fraction of sp³-hybridized carbons (Fsp3) is 0. The highest BCUT2D eigenvalue weighted by atomic mass is 32.1. The minimum Gasteiger partial charge on any atom is -0.478 e. The van der Waals surface area contributed by atoms with Gasteiger partial charge in [0.15, 0.2) is 0 Å². The van der Waals surface area contributed by atoms with Crippen LogP contribution in [-0.2, 0) is 0 Å². The molecule has 0 aliphatic carbocycles. The Hall–Kier alpha value is -2.53. The SMILES string of the molecule is O=C(O)c1ccc(-c2nc(-c3cccnc3)cs2)cc1. The Balaban J connectivity index is 1.92. The minimum absolute atomic E-state index is 0.276. The highest BCUT2D eigenvalue weighted by Crippen LogP contribution is 2.28. The van der Waals surface area contributed by atoms with Crippen molar-refractivity contribution >= 4 is 17.3 Å². The standard InChI is InChI=1S/C15H10N2O2S/c18-15(19)11-5-3-10(4-6-11)14-17-13(9-20-14)12-2-1-7-16-8-12/h1-9H,(H,18,19). The summed E-state index contributed by atoms with van der Waals surface area (Å²) >= 11 is 1.53. The molecule has 0 atom stereocenters. The molecule has 0 saturated carbocycles. The summed E-state index contributed by atoms with van der Waals surface area (Å²) in [5.41, 5.74) is 3.03. The Labute approximate surface area is 119 Å². The number of hydrogen-bond acceptors (Lipinski definition) is 4. The number of carboxylic acids is 1. The average Bonchev–Trinajstić information content (AvgIpc) is 2.98. The summed E-state index contributed by atoms with van der Waals surface area (Å²) in [4.78, 5) is 19.4. The van der Waals surface area contributed by atoms with Crippen LogP contribution in [-0.4, -0.2) is 21.0 Å². The maximum absolute atomic E-state index is 10.8. The van der Waals surface area contributed by atoms with Crippen molar-refractivity contribution in [1.82, 2.24) is 9.97 Å². The molecule has 0 spiro atoms. The normalized spacial score (nSPS) is 10.4. The molecule has 0 aliphatic rings. The first-order chi connectivity index (χ1) is 9.74. The second-order valence-electron chi connectivity index (χ2n) is 4.16. The number of rotatable bonds is 3. The van der Waals surface area contributed by atoms with Gasteiger partial charge in [0, 0.05) is 28.9 Å². The Kier molecular flexibility index (Phi) is 3.26. The van der Waals surface area contributed by atoms with E-state index in [0.717, 1.165) is 21.8 Å². The second-order valence-corrected chi connectivity index (χ2v) is 5.02. The van der Waals surface area contributed by atoms with Gasteiger partial charge in [0.2, 0.25) is 0 Å². The molecule has 0 fully saturated rings. The summed E-state index contributed by atoms with van der Waals surface area (Å²) in [7, 11) is 0. The van der Waals surface area contributed by atoms with E-state index in [1.807, 2.05) is 17.5 Å². The molecule has 0 amide bonds. The van der Waals surface area contributed by atoms with Crippen LogP contribution in [0.5, 0.6) is 0 Å². The first-order valence-electron chi connectivity index (χ1n) is 5.94. The number of hydrogen-bond donors (Lipinski definition) is 1. The van der Waals surface area contributed by atoms with E-state index in [0.29, 0.717) is 0 Å². The van der Waals surface area contributed by atoms with Crippen molar-refractivity contribution in [2.75, 3.05) is 0 Å². The van der Waals surface area contributed by atoms with E-state index in [1.165, 1.54) is 11.3 Å². The quantitative estimate of drug-likeness (QED) is 0.797. The van der Waals surface area contributed by atoms with Crippen LogP contribution in [0.15, 0.2) is 54.2 Å². The lowest BCUT2D eigenvalue weighted by Crippen LogP contribution is -1.94. The molecule has 3 rings (SSSR count). The maximum atomic E-state index is 10.8. The smallest absolute Gasteiger partial charge is 0.335 e. The van der Waals surface area contributed by atoms with Crippen LogP contribution >= 0.6 is 11.3 Å². The molecule has 0 saturated heterocycles. The van der Waals surface area contributed by atoms with E-state index in [1.54, 1.807) is 36.7 Å². The first-order valence-corrected chi connectivity index (χ1v) is 6.81. The number of thiazole rings is 1. The molecule has 0 bridgehead atoms. The molecule has 5 heteroatoms. The monoisotopic (exact) mass is 282 g/mol. The third-order valence-corrected chi connectivity index (χ3v) is 3.73. The molecule has 2 heterocycles. The number of aromatic carboxylic acids is 1. The molecule has 4 nitrogen and oxygen atoms in total. The van der Waals surface area contributed by atoms with Crippen LogP contribution in [0.3, 0.4) is 0 Å². The molecule has 1 N–H and O–H groups in total. The fourth-order valence-corrected chi connectivity index (χ4v) is 2.64. The zero-order valence-corrected chi connectivity index (χ0v) is 11.2. The highest BCUT2D eigenvalue weighted by Gasteiger charge is 2.08. The van der Waals surface area contributed by atoms with Crippen molar-refractivity contribution in [2.24, 2.45) is 0 Å². The van der Waals surface area contributed by atoms with Crippen molar-refractivity contribution < 1.29 is 9.90 Å². The van der Waals surface area contributed by atoms with Crippen molar-refractivity contribution in [3.63, 3.8) is 0 Å². The summed E-state index contributed by atoms with van der Waals surface area (Å²) in [6.07, 6.45) is 3.49. The molecular weight excluding hydrogens is 272 g/mol. The lowest BCUT2D eigenvalue weighted by atomic mass is 10.1. The number of carbonyl (C=O) groups is 1. The summed E-state index contributed by atoms with van der Waals surface area (Å²) in [5, 5.41) is 11.7. The van der Waals surface area contributed by atoms with Gasteiger partial charge in [-0.05, 0) is 24.3 Å². The van der Waals surface area contributed by atoms with Gasteiger partial charge in [0.1, 0.15) is 5.01 Å². The topological polar surface area (TPSA) is 63.1 Å². The number of pyridine rings is 1. The van der Waals surface area contributed by atoms with Gasteiger partial charge in [-0.25, -0.2) is 9.78 Å². The molecule has 0 unspecified atom stereocenters. The van der Waals surface area contributed by atoms with Gasteiger partial charge in [-0.3, -0.25) is 4.98 Å². The van der Waals surface area contributed by atoms with Crippen molar-refractivity contribution in [2.45, 2.75) is 0 Å². The van der Waals surface area contributed by atoms with E-state index in [-0.39, 0.29) is 5.56 Å². The number of benzene rings is 1. The summed E-state index contributed by atoms with van der Waals surface area (Å²) in [6.45, 7) is 0. The van der Waals surface area contributed by atoms with Crippen LogP contribution in [0.1, 0.15) is 10.4 Å². The zero-order chi connectivity index (χ0) is 13.9. The third kappa shape index (κ3) is 2.44.